The Bertz CT molecular complexity index is 851. The van der Waals surface area contributed by atoms with Gasteiger partial charge in [-0.15, -0.1) is 17.9 Å². The molecule has 156 valence electrons. The predicted molar refractivity (Wildman–Crippen MR) is 124 cm³/mol. The lowest BCUT2D eigenvalue weighted by Crippen LogP contribution is -2.24. The third-order valence-corrected chi connectivity index (χ3v) is 3.75. The lowest BCUT2D eigenvalue weighted by Gasteiger charge is -2.13. The van der Waals surface area contributed by atoms with Gasteiger partial charge in [0.25, 0.3) is 0 Å². The number of rotatable bonds is 8. The van der Waals surface area contributed by atoms with Crippen LogP contribution in [-0.4, -0.2) is 32.9 Å². The standard InChI is InChI=1S/C19H26N6.C2H6.C2H2/c1-5-8-17(6-2)16(3)25-19(20-4)10-9-18(23-25)22-11-7-13-24-14-12-21-15-24;2*1-2/h5-6,8-10,12,14-15H,3,7,11,13H2,1-2,4H3,(H,22,23);1-2H3;1-2H/b8-5-,17-6+,20-19?;;. The van der Waals surface area contributed by atoms with E-state index in [0.29, 0.717) is 0 Å². The van der Waals surface area contributed by atoms with Gasteiger partial charge in [0.1, 0.15) is 11.3 Å². The molecule has 2 aromatic rings. The van der Waals surface area contributed by atoms with Crippen LogP contribution in [0, 0.1) is 12.8 Å². The van der Waals surface area contributed by atoms with Crippen LogP contribution < -0.4 is 10.8 Å². The summed E-state index contributed by atoms with van der Waals surface area (Å²) in [6.45, 7) is 13.9. The summed E-state index contributed by atoms with van der Waals surface area (Å²) in [6.07, 6.45) is 20.6. The minimum absolute atomic E-state index is 0.762. The molecular formula is C23H34N6. The average molecular weight is 395 g/mol. The summed E-state index contributed by atoms with van der Waals surface area (Å²) in [5, 5.41) is 8.00. The van der Waals surface area contributed by atoms with Crippen molar-refractivity contribution in [3.63, 3.8) is 0 Å². The van der Waals surface area contributed by atoms with Gasteiger partial charge in [-0.2, -0.15) is 0 Å². The highest BCUT2D eigenvalue weighted by molar-refractivity contribution is 5.65. The Kier molecular flexibility index (Phi) is 13.9. The number of nitrogens with one attached hydrogen (secondary N) is 1. The minimum Gasteiger partial charge on any atom is -0.369 e. The molecule has 2 aromatic heterocycles. The van der Waals surface area contributed by atoms with Gasteiger partial charge < -0.3 is 9.88 Å². The van der Waals surface area contributed by atoms with E-state index in [2.05, 4.69) is 44.4 Å². The van der Waals surface area contributed by atoms with Crippen LogP contribution in [0.4, 0.5) is 5.82 Å². The van der Waals surface area contributed by atoms with Crippen molar-refractivity contribution in [2.75, 3.05) is 18.9 Å². The molecule has 0 unspecified atom stereocenters. The number of anilines is 1. The molecule has 6 heteroatoms. The van der Waals surface area contributed by atoms with Crippen LogP contribution in [0.5, 0.6) is 0 Å². The molecule has 29 heavy (non-hydrogen) atoms. The number of terminal acetylenes is 1. The van der Waals surface area contributed by atoms with Gasteiger partial charge in [0.2, 0.25) is 0 Å². The molecular weight excluding hydrogens is 360 g/mol. The van der Waals surface area contributed by atoms with E-state index in [0.717, 1.165) is 42.1 Å². The lowest BCUT2D eigenvalue weighted by molar-refractivity contribution is 0.658. The van der Waals surface area contributed by atoms with Gasteiger partial charge in [0, 0.05) is 32.5 Å². The molecule has 0 fully saturated rings. The zero-order valence-corrected chi connectivity index (χ0v) is 18.3. The van der Waals surface area contributed by atoms with E-state index in [9.17, 15) is 0 Å². The number of hydrogen-bond donors (Lipinski definition) is 1. The van der Waals surface area contributed by atoms with Gasteiger partial charge in [-0.05, 0) is 38.0 Å². The summed E-state index contributed by atoms with van der Waals surface area (Å²) in [4.78, 5) is 8.33. The highest BCUT2D eigenvalue weighted by atomic mass is 15.3. The zero-order chi connectivity index (χ0) is 22.1. The molecule has 1 N–H and O–H groups in total. The average Bonchev–Trinajstić information content (AvgIpc) is 3.31. The van der Waals surface area contributed by atoms with E-state index in [4.69, 9.17) is 0 Å². The first-order chi connectivity index (χ1) is 14.2. The first kappa shape index (κ1) is 25.7. The first-order valence-electron chi connectivity index (χ1n) is 9.74. The van der Waals surface area contributed by atoms with Crippen molar-refractivity contribution in [1.82, 2.24) is 19.3 Å². The molecule has 6 nitrogen and oxygen atoms in total. The summed E-state index contributed by atoms with van der Waals surface area (Å²) in [5.41, 5.74) is 2.57. The van der Waals surface area contributed by atoms with Crippen LogP contribution in [0.2, 0.25) is 0 Å². The molecule has 0 saturated carbocycles. The van der Waals surface area contributed by atoms with Gasteiger partial charge in [-0.25, -0.2) is 9.67 Å². The van der Waals surface area contributed by atoms with Crippen molar-refractivity contribution in [1.29, 1.82) is 0 Å². The molecule has 0 radical (unpaired) electrons. The molecule has 0 saturated heterocycles. The molecule has 0 aliphatic heterocycles. The predicted octanol–water partition coefficient (Wildman–Crippen LogP) is 4.38. The minimum atomic E-state index is 0.762. The Morgan fingerprint density at radius 3 is 2.55 bits per heavy atom. The van der Waals surface area contributed by atoms with Crippen molar-refractivity contribution < 1.29 is 0 Å². The Morgan fingerprint density at radius 2 is 2.00 bits per heavy atom. The van der Waals surface area contributed by atoms with E-state index < -0.39 is 0 Å². The third kappa shape index (κ3) is 8.48. The molecule has 0 spiro atoms. The van der Waals surface area contributed by atoms with E-state index >= 15 is 0 Å². The van der Waals surface area contributed by atoms with E-state index in [1.807, 2.05) is 70.6 Å². The summed E-state index contributed by atoms with van der Waals surface area (Å²) >= 11 is 0. The second-order valence-electron chi connectivity index (χ2n) is 5.48. The Morgan fingerprint density at radius 1 is 1.28 bits per heavy atom. The van der Waals surface area contributed by atoms with Crippen LogP contribution in [-0.2, 0) is 6.54 Å². The number of hydrogen-bond acceptors (Lipinski definition) is 4. The number of aromatic nitrogens is 4. The fourth-order valence-corrected chi connectivity index (χ4v) is 2.44. The molecule has 0 aliphatic rings. The number of nitrogens with zero attached hydrogens (tertiary/aromatic N) is 5. The van der Waals surface area contributed by atoms with Crippen LogP contribution in [0.3, 0.4) is 0 Å². The van der Waals surface area contributed by atoms with Crippen molar-refractivity contribution in [2.24, 2.45) is 4.99 Å². The maximum absolute atomic E-state index is 4.65. The van der Waals surface area contributed by atoms with Crippen molar-refractivity contribution in [2.45, 2.75) is 40.7 Å². The second-order valence-corrected chi connectivity index (χ2v) is 5.48. The van der Waals surface area contributed by atoms with E-state index in [-0.39, 0.29) is 0 Å². The molecule has 0 bridgehead atoms. The number of allylic oxidation sites excluding steroid dienone is 5. The second kappa shape index (κ2) is 15.7. The van der Waals surface area contributed by atoms with Crippen LogP contribution in [0.15, 0.2) is 66.2 Å². The molecule has 0 aliphatic carbocycles. The molecule has 2 rings (SSSR count). The van der Waals surface area contributed by atoms with Crippen LogP contribution >= 0.6 is 0 Å². The van der Waals surface area contributed by atoms with Gasteiger partial charge in [0.05, 0.1) is 12.0 Å². The van der Waals surface area contributed by atoms with Crippen molar-refractivity contribution in [3.05, 3.63) is 66.7 Å². The summed E-state index contributed by atoms with van der Waals surface area (Å²) < 4.78 is 3.83. The summed E-state index contributed by atoms with van der Waals surface area (Å²) in [7, 11) is 1.75. The SMILES string of the molecule is C#C.C=C(C(/C=C\C)=C/C)n1nc(NCCCn2ccnc2)ccc1=NC.CC. The maximum atomic E-state index is 4.65. The fourth-order valence-electron chi connectivity index (χ4n) is 2.44. The van der Waals surface area contributed by atoms with Gasteiger partial charge in [-0.3, -0.25) is 4.99 Å². The molecule has 0 atom stereocenters. The molecule has 0 aromatic carbocycles. The Balaban J connectivity index is 0.00000184. The van der Waals surface area contributed by atoms with Crippen molar-refractivity contribution >= 4 is 11.5 Å². The van der Waals surface area contributed by atoms with E-state index in [1.165, 1.54) is 0 Å². The highest BCUT2D eigenvalue weighted by Gasteiger charge is 2.05. The summed E-state index contributed by atoms with van der Waals surface area (Å²) in [6, 6.07) is 3.88. The van der Waals surface area contributed by atoms with Crippen molar-refractivity contribution in [3.8, 4) is 12.8 Å². The smallest absolute Gasteiger partial charge is 0.149 e. The number of imidazole rings is 1. The first-order valence-corrected chi connectivity index (χ1v) is 9.74. The Hall–Kier alpha value is -3.33. The largest absolute Gasteiger partial charge is 0.369 e. The molecule has 2 heterocycles. The van der Waals surface area contributed by atoms with Gasteiger partial charge >= 0.3 is 0 Å². The lowest BCUT2D eigenvalue weighted by atomic mass is 10.2. The highest BCUT2D eigenvalue weighted by Crippen LogP contribution is 2.13. The normalized spacial score (nSPS) is 11.3. The van der Waals surface area contributed by atoms with Gasteiger partial charge in [0.15, 0.2) is 0 Å². The summed E-state index contributed by atoms with van der Waals surface area (Å²) in [5.74, 6) is 0.801. The monoisotopic (exact) mass is 394 g/mol. The quantitative estimate of drug-likeness (QED) is 0.411. The maximum Gasteiger partial charge on any atom is 0.149 e. The molecule has 0 amide bonds. The van der Waals surface area contributed by atoms with Gasteiger partial charge in [-0.1, -0.05) is 38.7 Å². The number of aryl methyl sites for hydroxylation is 1. The third-order valence-electron chi connectivity index (χ3n) is 3.75. The van der Waals surface area contributed by atoms with E-state index in [1.54, 1.807) is 17.9 Å². The fraction of sp³-hybridized carbons (Fsp3) is 0.348. The van der Waals surface area contributed by atoms with Crippen LogP contribution in [0.1, 0.15) is 34.1 Å². The topological polar surface area (TPSA) is 60.0 Å². The zero-order valence-electron chi connectivity index (χ0n) is 18.3. The Labute approximate surface area is 175 Å². The van der Waals surface area contributed by atoms with Crippen LogP contribution in [0.25, 0.3) is 5.70 Å².